The first kappa shape index (κ1) is 19.0. The van der Waals surface area contributed by atoms with Gasteiger partial charge in [-0.2, -0.15) is 0 Å². The Morgan fingerprint density at radius 3 is 2.56 bits per heavy atom. The summed E-state index contributed by atoms with van der Waals surface area (Å²) in [5.74, 6) is 7.10. The zero-order valence-electron chi connectivity index (χ0n) is 16.6. The first-order valence-corrected chi connectivity index (χ1v) is 10.9. The molecule has 1 N–H and O–H groups in total. The topological polar surface area (TPSA) is 26.7 Å². The van der Waals surface area contributed by atoms with E-state index < -0.39 is 0 Å². The highest BCUT2D eigenvalue weighted by molar-refractivity contribution is 5.36. The van der Waals surface area contributed by atoms with Crippen molar-refractivity contribution in [3.63, 3.8) is 0 Å². The molecule has 0 radical (unpaired) electrons. The molecule has 1 saturated carbocycles. The van der Waals surface area contributed by atoms with Crippen LogP contribution in [0, 0.1) is 23.2 Å². The van der Waals surface area contributed by atoms with Crippen molar-refractivity contribution in [1.29, 1.82) is 0 Å². The lowest BCUT2D eigenvalue weighted by Crippen LogP contribution is -2.47. The fourth-order valence-corrected chi connectivity index (χ4v) is 5.17. The van der Waals surface area contributed by atoms with Crippen LogP contribution in [0.5, 0.6) is 0 Å². The van der Waals surface area contributed by atoms with Crippen molar-refractivity contribution >= 4 is 0 Å². The van der Waals surface area contributed by atoms with E-state index in [-0.39, 0.29) is 6.61 Å². The Balaban J connectivity index is 1.29. The van der Waals surface area contributed by atoms with Gasteiger partial charge in [-0.25, -0.2) is 0 Å². The molecule has 146 valence electrons. The lowest BCUT2D eigenvalue weighted by Gasteiger charge is -2.43. The molecule has 1 aliphatic carbocycles. The first-order valence-electron chi connectivity index (χ1n) is 10.9. The summed E-state index contributed by atoms with van der Waals surface area (Å²) >= 11 is 0. The second kappa shape index (κ2) is 8.78. The number of rotatable bonds is 5. The van der Waals surface area contributed by atoms with Crippen LogP contribution in [0.1, 0.15) is 56.1 Å². The van der Waals surface area contributed by atoms with E-state index in [1.807, 2.05) is 0 Å². The van der Waals surface area contributed by atoms with Gasteiger partial charge in [-0.05, 0) is 74.2 Å². The van der Waals surface area contributed by atoms with E-state index in [1.165, 1.54) is 76.8 Å². The fourth-order valence-electron chi connectivity index (χ4n) is 5.17. The highest BCUT2D eigenvalue weighted by Crippen LogP contribution is 2.40. The Bertz CT molecular complexity index is 670. The number of hydrogen-bond donors (Lipinski definition) is 1. The molecule has 3 fully saturated rings. The molecule has 1 aromatic carbocycles. The summed E-state index contributed by atoms with van der Waals surface area (Å²) < 4.78 is 0. The van der Waals surface area contributed by atoms with Gasteiger partial charge in [0.25, 0.3) is 0 Å². The van der Waals surface area contributed by atoms with Crippen LogP contribution in [0.25, 0.3) is 0 Å². The van der Waals surface area contributed by atoms with Crippen LogP contribution in [0.15, 0.2) is 24.3 Å². The maximum Gasteiger partial charge on any atom is 0.0540 e. The van der Waals surface area contributed by atoms with E-state index >= 15 is 0 Å². The van der Waals surface area contributed by atoms with Crippen molar-refractivity contribution in [3.05, 3.63) is 35.4 Å². The molecule has 3 heteroatoms. The van der Waals surface area contributed by atoms with Crippen molar-refractivity contribution in [2.45, 2.75) is 51.5 Å². The lowest BCUT2D eigenvalue weighted by molar-refractivity contribution is 0.0668. The summed E-state index contributed by atoms with van der Waals surface area (Å²) in [6.45, 7) is 7.74. The average Bonchev–Trinajstić information content (AvgIpc) is 3.02. The van der Waals surface area contributed by atoms with Crippen LogP contribution < -0.4 is 0 Å². The fraction of sp³-hybridized carbons (Fsp3) is 0.667. The number of likely N-dealkylation sites (tertiary alicyclic amines) is 2. The van der Waals surface area contributed by atoms with Gasteiger partial charge < -0.3 is 10.0 Å². The van der Waals surface area contributed by atoms with E-state index in [0.29, 0.717) is 11.8 Å². The molecule has 1 atom stereocenters. The van der Waals surface area contributed by atoms with Gasteiger partial charge in [0, 0.05) is 38.2 Å². The Morgan fingerprint density at radius 2 is 1.81 bits per heavy atom. The molecule has 1 spiro atoms. The molecule has 3 nitrogen and oxygen atoms in total. The van der Waals surface area contributed by atoms with Gasteiger partial charge in [-0.15, -0.1) is 0 Å². The third-order valence-electron chi connectivity index (χ3n) is 6.83. The zero-order valence-corrected chi connectivity index (χ0v) is 16.6. The summed E-state index contributed by atoms with van der Waals surface area (Å²) in [6, 6.07) is 8.68. The van der Waals surface area contributed by atoms with Crippen molar-refractivity contribution < 1.29 is 5.11 Å². The molecule has 2 heterocycles. The number of hydrogen-bond acceptors (Lipinski definition) is 3. The van der Waals surface area contributed by atoms with Gasteiger partial charge in [0.2, 0.25) is 0 Å². The van der Waals surface area contributed by atoms with E-state index in [4.69, 9.17) is 5.11 Å². The predicted octanol–water partition coefficient (Wildman–Crippen LogP) is 3.51. The maximum atomic E-state index is 8.82. The Morgan fingerprint density at radius 1 is 1.00 bits per heavy atom. The third kappa shape index (κ3) is 4.93. The minimum Gasteiger partial charge on any atom is -0.395 e. The molecule has 0 amide bonds. The van der Waals surface area contributed by atoms with Crippen molar-refractivity contribution in [1.82, 2.24) is 9.80 Å². The van der Waals surface area contributed by atoms with E-state index in [1.54, 1.807) is 0 Å². The number of aliphatic hydroxyl groups is 1. The van der Waals surface area contributed by atoms with Gasteiger partial charge in [-0.3, -0.25) is 4.90 Å². The molecule has 27 heavy (non-hydrogen) atoms. The molecule has 3 aliphatic rings. The minimum absolute atomic E-state index is 0.139. The minimum atomic E-state index is 0.139. The highest BCUT2D eigenvalue weighted by Gasteiger charge is 2.41. The predicted molar refractivity (Wildman–Crippen MR) is 110 cm³/mol. The summed E-state index contributed by atoms with van der Waals surface area (Å²) in [5, 5.41) is 8.82. The van der Waals surface area contributed by atoms with Crippen LogP contribution in [0.4, 0.5) is 0 Å². The van der Waals surface area contributed by atoms with Crippen molar-refractivity contribution in [3.8, 4) is 11.8 Å². The number of piperidine rings is 1. The quantitative estimate of drug-likeness (QED) is 0.808. The molecule has 2 saturated heterocycles. The number of nitrogens with zero attached hydrogens (tertiary/aromatic N) is 2. The first-order chi connectivity index (χ1) is 13.2. The standard InChI is InChI=1S/C24H34N2O/c27-16-2-1-5-21-8-10-23(11-9-21)18-26-15-13-24(20-26)12-4-14-25(19-24)17-22-6-3-7-22/h8-11,22,27H,2-4,6-7,12-20H2. The van der Waals surface area contributed by atoms with Crippen LogP contribution in [-0.4, -0.2) is 54.2 Å². The van der Waals surface area contributed by atoms with Crippen LogP contribution in [0.2, 0.25) is 0 Å². The van der Waals surface area contributed by atoms with Gasteiger partial charge >= 0.3 is 0 Å². The molecule has 4 rings (SSSR count). The summed E-state index contributed by atoms with van der Waals surface area (Å²) in [5.41, 5.74) is 2.99. The average molecular weight is 367 g/mol. The van der Waals surface area contributed by atoms with E-state index in [9.17, 15) is 0 Å². The molecular weight excluding hydrogens is 332 g/mol. The Kier molecular flexibility index (Phi) is 6.18. The summed E-state index contributed by atoms with van der Waals surface area (Å²) in [6.07, 6.45) is 9.13. The highest BCUT2D eigenvalue weighted by atomic mass is 16.2. The van der Waals surface area contributed by atoms with Gasteiger partial charge in [0.05, 0.1) is 6.61 Å². The molecule has 0 bridgehead atoms. The molecule has 1 unspecified atom stereocenters. The van der Waals surface area contributed by atoms with Crippen LogP contribution in [0.3, 0.4) is 0 Å². The zero-order chi connectivity index (χ0) is 18.5. The monoisotopic (exact) mass is 366 g/mol. The van der Waals surface area contributed by atoms with Crippen molar-refractivity contribution in [2.24, 2.45) is 11.3 Å². The largest absolute Gasteiger partial charge is 0.395 e. The second-order valence-corrected chi connectivity index (χ2v) is 9.07. The molecular formula is C24H34N2O. The van der Waals surface area contributed by atoms with E-state index in [2.05, 4.69) is 45.9 Å². The molecule has 1 aromatic rings. The van der Waals surface area contributed by atoms with E-state index in [0.717, 1.165) is 18.0 Å². The lowest BCUT2D eigenvalue weighted by atomic mass is 9.78. The maximum absolute atomic E-state index is 8.82. The molecule has 2 aliphatic heterocycles. The number of benzene rings is 1. The van der Waals surface area contributed by atoms with Gasteiger partial charge in [0.15, 0.2) is 0 Å². The van der Waals surface area contributed by atoms with Crippen LogP contribution in [-0.2, 0) is 6.54 Å². The Labute approximate surface area is 164 Å². The SMILES string of the molecule is OCCC#Cc1ccc(CN2CCC3(CCCN(CC4CCC4)C3)C2)cc1. The normalized spacial score (nSPS) is 26.7. The molecule has 0 aromatic heterocycles. The summed E-state index contributed by atoms with van der Waals surface area (Å²) in [7, 11) is 0. The Hall–Kier alpha value is -1.34. The van der Waals surface area contributed by atoms with Gasteiger partial charge in [-0.1, -0.05) is 30.4 Å². The number of aliphatic hydroxyl groups excluding tert-OH is 1. The van der Waals surface area contributed by atoms with Crippen LogP contribution >= 0.6 is 0 Å². The smallest absolute Gasteiger partial charge is 0.0540 e. The third-order valence-corrected chi connectivity index (χ3v) is 6.83. The summed E-state index contributed by atoms with van der Waals surface area (Å²) in [4.78, 5) is 5.45. The second-order valence-electron chi connectivity index (χ2n) is 9.07. The van der Waals surface area contributed by atoms with Gasteiger partial charge in [0.1, 0.15) is 0 Å². The van der Waals surface area contributed by atoms with Crippen molar-refractivity contribution in [2.75, 3.05) is 39.3 Å².